The van der Waals surface area contributed by atoms with Crippen molar-refractivity contribution in [2.45, 2.75) is 45.3 Å². The maximum atomic E-state index is 12.2. The molecule has 1 fully saturated rings. The smallest absolute Gasteiger partial charge is 0.351 e. The molecule has 2 heterocycles. The van der Waals surface area contributed by atoms with Crippen LogP contribution in [0.25, 0.3) is 0 Å². The fourth-order valence-corrected chi connectivity index (χ4v) is 2.48. The van der Waals surface area contributed by atoms with Crippen LogP contribution in [0.1, 0.15) is 27.0 Å². The number of anilines is 1. The van der Waals surface area contributed by atoms with Gasteiger partial charge in [0.15, 0.2) is 12.3 Å². The van der Waals surface area contributed by atoms with Gasteiger partial charge in [0.2, 0.25) is 5.91 Å². The molecule has 11 nitrogen and oxygen atoms in total. The predicted molar refractivity (Wildman–Crippen MR) is 84.9 cm³/mol. The second-order valence-corrected chi connectivity index (χ2v) is 5.62. The van der Waals surface area contributed by atoms with E-state index in [4.69, 9.17) is 14.2 Å². The maximum Gasteiger partial charge on any atom is 0.351 e. The van der Waals surface area contributed by atoms with E-state index >= 15 is 0 Å². The van der Waals surface area contributed by atoms with Crippen molar-refractivity contribution in [3.05, 3.63) is 22.7 Å². The molecule has 4 atom stereocenters. The van der Waals surface area contributed by atoms with Crippen molar-refractivity contribution in [1.29, 1.82) is 0 Å². The van der Waals surface area contributed by atoms with E-state index in [0.29, 0.717) is 0 Å². The molecule has 0 radical (unpaired) electrons. The number of aliphatic hydroxyl groups is 1. The number of carbonyl (C=O) groups is 3. The molecule has 0 aromatic carbocycles. The summed E-state index contributed by atoms with van der Waals surface area (Å²) in [5.41, 5.74) is -0.796. The number of aromatic nitrogens is 2. The minimum atomic E-state index is -1.40. The molecule has 1 aliphatic heterocycles. The van der Waals surface area contributed by atoms with E-state index in [1.807, 2.05) is 0 Å². The molecule has 1 aromatic heterocycles. The topological polar surface area (TPSA) is 146 Å². The number of ether oxygens (including phenoxy) is 3. The van der Waals surface area contributed by atoms with Gasteiger partial charge < -0.3 is 24.6 Å². The molecule has 0 spiro atoms. The highest BCUT2D eigenvalue weighted by Crippen LogP contribution is 2.31. The van der Waals surface area contributed by atoms with E-state index in [2.05, 4.69) is 10.3 Å². The SMILES string of the molecule is CC(=O)Nc1ccn([C@@H]2O[C@H](COC(C)=O)C(OC(C)=O)C2O)c(=O)n1. The molecule has 142 valence electrons. The molecule has 1 aromatic rings. The average molecular weight is 369 g/mol. The summed E-state index contributed by atoms with van der Waals surface area (Å²) in [6, 6.07) is 1.35. The van der Waals surface area contributed by atoms with Crippen molar-refractivity contribution < 1.29 is 33.7 Å². The average Bonchev–Trinajstić information content (AvgIpc) is 2.81. The van der Waals surface area contributed by atoms with Crippen LogP contribution in [-0.2, 0) is 28.6 Å². The van der Waals surface area contributed by atoms with E-state index < -0.39 is 48.1 Å². The molecule has 11 heteroatoms. The second-order valence-electron chi connectivity index (χ2n) is 5.62. The van der Waals surface area contributed by atoms with E-state index in [-0.39, 0.29) is 12.4 Å². The Morgan fingerprint density at radius 2 is 2.00 bits per heavy atom. The molecule has 0 bridgehead atoms. The lowest BCUT2D eigenvalue weighted by Gasteiger charge is -2.19. The fraction of sp³-hybridized carbons (Fsp3) is 0.533. The number of nitrogens with one attached hydrogen (secondary N) is 1. The molecule has 1 aliphatic rings. The first-order chi connectivity index (χ1) is 12.2. The van der Waals surface area contributed by atoms with E-state index in [0.717, 1.165) is 11.5 Å². The number of carbonyl (C=O) groups excluding carboxylic acids is 3. The number of hydrogen-bond donors (Lipinski definition) is 2. The Morgan fingerprint density at radius 3 is 2.54 bits per heavy atom. The Labute approximate surface area is 147 Å². The molecule has 0 aliphatic carbocycles. The lowest BCUT2D eigenvalue weighted by Crippen LogP contribution is -2.39. The molecule has 2 rings (SSSR count). The highest BCUT2D eigenvalue weighted by Gasteiger charge is 2.47. The highest BCUT2D eigenvalue weighted by atomic mass is 16.6. The van der Waals surface area contributed by atoms with Crippen molar-refractivity contribution in [3.8, 4) is 0 Å². The quantitative estimate of drug-likeness (QED) is 0.621. The molecular weight excluding hydrogens is 350 g/mol. The van der Waals surface area contributed by atoms with Gasteiger partial charge in [-0.25, -0.2) is 4.79 Å². The Morgan fingerprint density at radius 1 is 1.31 bits per heavy atom. The normalized spacial score (nSPS) is 24.8. The number of hydrogen-bond acceptors (Lipinski definition) is 9. The summed E-state index contributed by atoms with van der Waals surface area (Å²) >= 11 is 0. The predicted octanol–water partition coefficient (Wildman–Crippen LogP) is -1.05. The van der Waals surface area contributed by atoms with E-state index in [1.165, 1.54) is 26.1 Å². The molecule has 0 saturated carbocycles. The van der Waals surface area contributed by atoms with Gasteiger partial charge in [-0.15, -0.1) is 0 Å². The van der Waals surface area contributed by atoms with Crippen molar-refractivity contribution >= 4 is 23.7 Å². The Balaban J connectivity index is 2.25. The third-order valence-corrected chi connectivity index (χ3v) is 3.47. The van der Waals surface area contributed by atoms with Crippen LogP contribution in [0.5, 0.6) is 0 Å². The van der Waals surface area contributed by atoms with Crippen LogP contribution < -0.4 is 11.0 Å². The molecule has 1 saturated heterocycles. The van der Waals surface area contributed by atoms with Crippen LogP contribution in [0.15, 0.2) is 17.1 Å². The summed E-state index contributed by atoms with van der Waals surface area (Å²) < 4.78 is 16.4. The first-order valence-electron chi connectivity index (χ1n) is 7.70. The minimum absolute atomic E-state index is 0.0410. The Hall–Kier alpha value is -2.79. The van der Waals surface area contributed by atoms with Crippen molar-refractivity contribution in [2.75, 3.05) is 11.9 Å². The number of nitrogens with zero attached hydrogens (tertiary/aromatic N) is 2. The Kier molecular flexibility index (Phi) is 6.05. The number of rotatable bonds is 5. The van der Waals surface area contributed by atoms with Gasteiger partial charge in [-0.3, -0.25) is 19.0 Å². The summed E-state index contributed by atoms with van der Waals surface area (Å²) in [5.74, 6) is -1.60. The molecular formula is C15H19N3O8. The third-order valence-electron chi connectivity index (χ3n) is 3.47. The Bertz CT molecular complexity index is 762. The van der Waals surface area contributed by atoms with Gasteiger partial charge >= 0.3 is 17.6 Å². The van der Waals surface area contributed by atoms with Crippen LogP contribution in [0.2, 0.25) is 0 Å². The van der Waals surface area contributed by atoms with Gasteiger partial charge in [0.1, 0.15) is 24.6 Å². The molecule has 26 heavy (non-hydrogen) atoms. The van der Waals surface area contributed by atoms with E-state index in [9.17, 15) is 24.3 Å². The largest absolute Gasteiger partial charge is 0.463 e. The third kappa shape index (κ3) is 4.64. The highest BCUT2D eigenvalue weighted by molar-refractivity contribution is 5.87. The van der Waals surface area contributed by atoms with Crippen molar-refractivity contribution in [2.24, 2.45) is 0 Å². The van der Waals surface area contributed by atoms with Crippen LogP contribution in [0.3, 0.4) is 0 Å². The lowest BCUT2D eigenvalue weighted by molar-refractivity contribution is -0.157. The van der Waals surface area contributed by atoms with Gasteiger partial charge in [-0.1, -0.05) is 0 Å². The van der Waals surface area contributed by atoms with Gasteiger partial charge in [-0.2, -0.15) is 4.98 Å². The summed E-state index contributed by atoms with van der Waals surface area (Å²) in [4.78, 5) is 49.1. The second kappa shape index (κ2) is 8.06. The van der Waals surface area contributed by atoms with Gasteiger partial charge in [-0.05, 0) is 6.07 Å². The summed E-state index contributed by atoms with van der Waals surface area (Å²) in [7, 11) is 0. The number of amides is 1. The zero-order valence-electron chi connectivity index (χ0n) is 14.4. The zero-order chi connectivity index (χ0) is 19.4. The first-order valence-corrected chi connectivity index (χ1v) is 7.70. The van der Waals surface area contributed by atoms with Gasteiger partial charge in [0, 0.05) is 27.0 Å². The van der Waals surface area contributed by atoms with Gasteiger partial charge in [0.05, 0.1) is 0 Å². The van der Waals surface area contributed by atoms with Gasteiger partial charge in [0.25, 0.3) is 0 Å². The molecule has 2 N–H and O–H groups in total. The molecule has 1 amide bonds. The van der Waals surface area contributed by atoms with Crippen molar-refractivity contribution in [3.63, 3.8) is 0 Å². The summed E-state index contributed by atoms with van der Waals surface area (Å²) in [6.45, 7) is 3.34. The fourth-order valence-electron chi connectivity index (χ4n) is 2.48. The summed E-state index contributed by atoms with van der Waals surface area (Å²) in [6.07, 6.45) is -3.45. The standard InChI is InChI=1S/C15H19N3O8/c1-7(19)16-11-4-5-18(15(23)17-11)14-12(22)13(25-9(3)21)10(26-14)6-24-8(2)20/h4-5,10,12-14,22H,6H2,1-3H3,(H,16,17,19,23)/t10-,12?,13?,14-/m1/s1. The van der Waals surface area contributed by atoms with Crippen LogP contribution in [0, 0.1) is 0 Å². The maximum absolute atomic E-state index is 12.2. The first kappa shape index (κ1) is 19.5. The molecule has 2 unspecified atom stereocenters. The monoisotopic (exact) mass is 369 g/mol. The summed E-state index contributed by atoms with van der Waals surface area (Å²) in [5, 5.41) is 12.8. The van der Waals surface area contributed by atoms with Crippen molar-refractivity contribution in [1.82, 2.24) is 9.55 Å². The minimum Gasteiger partial charge on any atom is -0.463 e. The number of esters is 2. The van der Waals surface area contributed by atoms with Crippen LogP contribution in [-0.4, -0.2) is 57.4 Å². The van der Waals surface area contributed by atoms with E-state index in [1.54, 1.807) is 0 Å². The van der Waals surface area contributed by atoms with Crippen LogP contribution in [0.4, 0.5) is 5.82 Å². The lowest BCUT2D eigenvalue weighted by atomic mass is 10.1. The van der Waals surface area contributed by atoms with Crippen LogP contribution >= 0.6 is 0 Å². The number of aliphatic hydroxyl groups excluding tert-OH is 1. The zero-order valence-corrected chi connectivity index (χ0v) is 14.4.